The third-order valence-corrected chi connectivity index (χ3v) is 0. The number of hydrogen-bond donors (Lipinski definition) is 0. The zero-order chi connectivity index (χ0) is 0. The molecule has 0 bridgehead atoms. The quantitative estimate of drug-likeness (QED) is 0.426. The first-order valence-corrected chi connectivity index (χ1v) is 0. The van der Waals surface area contributed by atoms with Crippen LogP contribution in [0.5, 0.6) is 0 Å². The van der Waals surface area contributed by atoms with Crippen LogP contribution in [0.15, 0.2) is 0 Å². The molecule has 0 aliphatic heterocycles. The Kier molecular flexibility index (Phi) is 480. The second-order valence-corrected chi connectivity index (χ2v) is 0. The molecule has 7 heteroatoms. The van der Waals surface area contributed by atoms with E-state index in [0.29, 0.717) is 0 Å². The van der Waals surface area contributed by atoms with Crippen LogP contribution in [0.2, 0.25) is 0 Å². The van der Waals surface area contributed by atoms with E-state index >= 15 is 0 Å². The summed E-state index contributed by atoms with van der Waals surface area (Å²) in [7, 11) is 0. The molecule has 0 unspecified atom stereocenters. The molecule has 23 valence electrons. The molecule has 0 aliphatic rings. The Balaban J connectivity index is 0. The van der Waals surface area contributed by atoms with Gasteiger partial charge in [-0.1, -0.05) is 0 Å². The van der Waals surface area contributed by atoms with Gasteiger partial charge in [-0.05, 0) is 0 Å². The molecule has 0 aromatic heterocycles. The Morgan fingerprint density at radius 2 is 0.286 bits per heavy atom. The first-order valence-electron chi connectivity index (χ1n) is 0. The predicted octanol–water partition coefficient (Wildman–Crippen LogP) is -1.91. The molecule has 0 saturated carbocycles. The van der Waals surface area contributed by atoms with Crippen LogP contribution in [-0.2, 0) is 43.4 Å². The summed E-state index contributed by atoms with van der Waals surface area (Å²) >= 11 is 0. The van der Waals surface area contributed by atoms with Crippen molar-refractivity contribution in [2.75, 3.05) is 0 Å². The standard InChI is InChI=1S/5Al.2Ti. The van der Waals surface area contributed by atoms with Crippen LogP contribution in [-0.4, -0.2) is 86.8 Å². The fourth-order valence-electron chi connectivity index (χ4n) is 0. The largest absolute Gasteiger partial charge is 0 e. The molecule has 15 radical (unpaired) electrons. The summed E-state index contributed by atoms with van der Waals surface area (Å²) in [6.45, 7) is 0. The third kappa shape index (κ3) is 39.5. The van der Waals surface area contributed by atoms with Crippen LogP contribution in [0.1, 0.15) is 0 Å². The van der Waals surface area contributed by atoms with E-state index in [9.17, 15) is 0 Å². The molecule has 0 saturated heterocycles. The van der Waals surface area contributed by atoms with Crippen molar-refractivity contribution in [2.45, 2.75) is 0 Å². The Morgan fingerprint density at radius 3 is 0.286 bits per heavy atom. The van der Waals surface area contributed by atoms with Crippen molar-refractivity contribution in [1.82, 2.24) is 0 Å². The van der Waals surface area contributed by atoms with Gasteiger partial charge < -0.3 is 0 Å². The molecule has 0 fully saturated rings. The van der Waals surface area contributed by atoms with Gasteiger partial charge in [0.25, 0.3) is 0 Å². The van der Waals surface area contributed by atoms with E-state index in [0.717, 1.165) is 0 Å². The molecule has 0 heterocycles. The van der Waals surface area contributed by atoms with Crippen molar-refractivity contribution in [3.05, 3.63) is 0 Å². The maximum absolute atomic E-state index is 0. The van der Waals surface area contributed by atoms with E-state index in [1.54, 1.807) is 0 Å². The van der Waals surface area contributed by atoms with Crippen molar-refractivity contribution >= 4 is 86.8 Å². The normalized spacial score (nSPS) is 0. The average Bonchev–Trinajstić information content (AvgIpc) is 0. The molecule has 0 N–H and O–H groups in total. The first-order chi connectivity index (χ1) is 0. The Morgan fingerprint density at radius 1 is 0.286 bits per heavy atom. The van der Waals surface area contributed by atoms with Crippen LogP contribution in [0, 0.1) is 0 Å². The molecule has 0 nitrogen and oxygen atoms in total. The van der Waals surface area contributed by atoms with Gasteiger partial charge in [-0.3, -0.25) is 0 Å². The summed E-state index contributed by atoms with van der Waals surface area (Å²) in [4.78, 5) is 0. The van der Waals surface area contributed by atoms with E-state index in [2.05, 4.69) is 0 Å². The van der Waals surface area contributed by atoms with Gasteiger partial charge in [0.15, 0.2) is 0 Å². The van der Waals surface area contributed by atoms with Crippen LogP contribution in [0.3, 0.4) is 0 Å². The SMILES string of the molecule is [Al].[Al].[Al].[Al].[Al].[Ti].[Ti]. The van der Waals surface area contributed by atoms with Gasteiger partial charge in [0.1, 0.15) is 0 Å². The number of rotatable bonds is 0. The molecule has 0 aromatic carbocycles. The summed E-state index contributed by atoms with van der Waals surface area (Å²) in [6.07, 6.45) is 0. The smallest absolute Gasteiger partial charge is 0 e. The van der Waals surface area contributed by atoms with E-state index < -0.39 is 0 Å². The summed E-state index contributed by atoms with van der Waals surface area (Å²) < 4.78 is 0. The van der Waals surface area contributed by atoms with Crippen molar-refractivity contribution < 1.29 is 43.4 Å². The van der Waals surface area contributed by atoms with Gasteiger partial charge in [0.2, 0.25) is 0 Å². The Bertz CT molecular complexity index is 6.04. The van der Waals surface area contributed by atoms with Crippen molar-refractivity contribution in [3.63, 3.8) is 0 Å². The second kappa shape index (κ2) is 49.8. The Hall–Kier alpha value is 4.09. The molecule has 0 aromatic rings. The van der Waals surface area contributed by atoms with E-state index in [1.807, 2.05) is 0 Å². The van der Waals surface area contributed by atoms with E-state index in [4.69, 9.17) is 0 Å². The van der Waals surface area contributed by atoms with Crippen LogP contribution < -0.4 is 0 Å². The van der Waals surface area contributed by atoms with Gasteiger partial charge in [0, 0.05) is 130 Å². The minimum Gasteiger partial charge on any atom is 0 e. The summed E-state index contributed by atoms with van der Waals surface area (Å²) in [6, 6.07) is 0. The zero-order valence-corrected chi connectivity index (χ0v) is 12.8. The van der Waals surface area contributed by atoms with Gasteiger partial charge in [-0.2, -0.15) is 0 Å². The monoisotopic (exact) mass is 231 g/mol. The van der Waals surface area contributed by atoms with Crippen LogP contribution >= 0.6 is 0 Å². The van der Waals surface area contributed by atoms with Crippen molar-refractivity contribution in [1.29, 1.82) is 0 Å². The van der Waals surface area contributed by atoms with Crippen LogP contribution in [0.25, 0.3) is 0 Å². The third-order valence-electron chi connectivity index (χ3n) is 0. The van der Waals surface area contributed by atoms with Gasteiger partial charge in [-0.15, -0.1) is 0 Å². The van der Waals surface area contributed by atoms with E-state index in [-0.39, 0.29) is 130 Å². The molecule has 0 amide bonds. The molecule has 7 heavy (non-hydrogen) atoms. The number of hydrogen-bond acceptors (Lipinski definition) is 0. The van der Waals surface area contributed by atoms with Gasteiger partial charge in [0.05, 0.1) is 0 Å². The van der Waals surface area contributed by atoms with E-state index in [1.165, 1.54) is 0 Å². The maximum atomic E-state index is 0. The zero-order valence-electron chi connectivity index (χ0n) is 3.89. The van der Waals surface area contributed by atoms with Gasteiger partial charge >= 0.3 is 0 Å². The molecule has 0 atom stereocenters. The maximum Gasteiger partial charge on any atom is 0 e. The summed E-state index contributed by atoms with van der Waals surface area (Å²) in [5.41, 5.74) is 0. The van der Waals surface area contributed by atoms with Crippen molar-refractivity contribution in [3.8, 4) is 0 Å². The minimum atomic E-state index is 0. The summed E-state index contributed by atoms with van der Waals surface area (Å²) in [5.74, 6) is 0. The van der Waals surface area contributed by atoms with Gasteiger partial charge in [-0.25, -0.2) is 0 Å². The first kappa shape index (κ1) is 67.5. The Labute approximate surface area is 128 Å². The molecule has 0 rings (SSSR count). The summed E-state index contributed by atoms with van der Waals surface area (Å²) in [5, 5.41) is 0. The fourth-order valence-corrected chi connectivity index (χ4v) is 0. The van der Waals surface area contributed by atoms with Crippen molar-refractivity contribution in [2.24, 2.45) is 0 Å². The van der Waals surface area contributed by atoms with Crippen LogP contribution in [0.4, 0.5) is 0 Å². The molecular weight excluding hydrogens is 231 g/mol. The predicted molar refractivity (Wildman–Crippen MR) is 28.8 cm³/mol. The fraction of sp³-hybridized carbons (Fsp3) is 0. The average molecular weight is 231 g/mol. The second-order valence-electron chi connectivity index (χ2n) is 0. The topological polar surface area (TPSA) is 0 Å². The molecule has 0 spiro atoms. The molecular formula is Al5Ti2. The minimum absolute atomic E-state index is 0. The molecule has 0 aliphatic carbocycles.